The van der Waals surface area contributed by atoms with Gasteiger partial charge in [-0.1, -0.05) is 106 Å². The lowest BCUT2D eigenvalue weighted by Gasteiger charge is -2.27. The molecule has 3 aliphatic rings. The maximum absolute atomic E-state index is 12.5. The van der Waals surface area contributed by atoms with Gasteiger partial charge in [0.15, 0.2) is 0 Å². The third-order valence-corrected chi connectivity index (χ3v) is 7.38. The van der Waals surface area contributed by atoms with Crippen molar-refractivity contribution < 1.29 is 22.0 Å². The standard InChI is InChI=1S/C8H14F2.2C8H16.C2H3F3.C2H6/c1-2-7-3-5-8(9,10)6-4-7;1-3-8(2)6-4-5-7-8;1-2-8-6-4-3-5-7-8;1-2(3,4)5;1-2/h7H,2-6H2,1H3;3-7H2,1-2H3;8H,2-7H2,1H3;1H3;1-2H3. The van der Waals surface area contributed by atoms with E-state index in [4.69, 9.17) is 0 Å². The fourth-order valence-electron chi connectivity index (χ4n) is 4.69. The number of hydrogen-bond donors (Lipinski definition) is 0. The third kappa shape index (κ3) is 21.9. The average molecular weight is 487 g/mol. The molecule has 0 bridgehead atoms. The molecule has 0 spiro atoms. The molecule has 0 nitrogen and oxygen atoms in total. The molecule has 3 aliphatic carbocycles. The minimum absolute atomic E-state index is 0.117. The highest BCUT2D eigenvalue weighted by atomic mass is 19.4. The monoisotopic (exact) mass is 486 g/mol. The van der Waals surface area contributed by atoms with Gasteiger partial charge >= 0.3 is 6.18 Å². The lowest BCUT2D eigenvalue weighted by atomic mass is 9.85. The van der Waals surface area contributed by atoms with Gasteiger partial charge in [-0.15, -0.1) is 0 Å². The molecule has 0 atom stereocenters. The molecule has 0 aliphatic heterocycles. The highest BCUT2D eigenvalue weighted by molar-refractivity contribution is 4.78. The van der Waals surface area contributed by atoms with Crippen LogP contribution in [0, 0.1) is 17.3 Å². The predicted octanol–water partition coefficient (Wildman–Crippen LogP) is 11.8. The van der Waals surface area contributed by atoms with Crippen LogP contribution in [0.4, 0.5) is 22.0 Å². The molecule has 0 aromatic rings. The summed E-state index contributed by atoms with van der Waals surface area (Å²) >= 11 is 0. The zero-order valence-electron chi connectivity index (χ0n) is 22.9. The summed E-state index contributed by atoms with van der Waals surface area (Å²) in [5, 5.41) is 0. The van der Waals surface area contributed by atoms with E-state index in [1.807, 2.05) is 13.8 Å². The van der Waals surface area contributed by atoms with Crippen LogP contribution in [0.2, 0.25) is 0 Å². The van der Waals surface area contributed by atoms with Gasteiger partial charge in [0.2, 0.25) is 5.92 Å². The van der Waals surface area contributed by atoms with Crippen molar-refractivity contribution >= 4 is 0 Å². The van der Waals surface area contributed by atoms with Gasteiger partial charge in [-0.25, -0.2) is 8.78 Å². The van der Waals surface area contributed by atoms with E-state index in [0.29, 0.717) is 5.92 Å². The second-order valence-corrected chi connectivity index (χ2v) is 10.3. The van der Waals surface area contributed by atoms with E-state index in [1.54, 1.807) is 0 Å². The molecule has 0 aromatic heterocycles. The summed E-state index contributed by atoms with van der Waals surface area (Å²) in [6, 6.07) is 0. The van der Waals surface area contributed by atoms with Crippen molar-refractivity contribution in [3.05, 3.63) is 0 Å². The molecule has 3 fully saturated rings. The summed E-state index contributed by atoms with van der Waals surface area (Å²) in [4.78, 5) is 0. The zero-order valence-corrected chi connectivity index (χ0v) is 22.9. The van der Waals surface area contributed by atoms with E-state index >= 15 is 0 Å². The Morgan fingerprint density at radius 3 is 1.30 bits per heavy atom. The highest BCUT2D eigenvalue weighted by Crippen LogP contribution is 2.40. The van der Waals surface area contributed by atoms with Crippen molar-refractivity contribution in [2.75, 3.05) is 0 Å². The van der Waals surface area contributed by atoms with Crippen LogP contribution < -0.4 is 0 Å². The molecular formula is C28H55F5. The minimum atomic E-state index is -4.00. The maximum atomic E-state index is 12.5. The van der Waals surface area contributed by atoms with Crippen molar-refractivity contribution in [1.82, 2.24) is 0 Å². The fraction of sp³-hybridized carbons (Fsp3) is 1.00. The number of hydrogen-bond acceptors (Lipinski definition) is 0. The van der Waals surface area contributed by atoms with Crippen molar-refractivity contribution in [3.63, 3.8) is 0 Å². The van der Waals surface area contributed by atoms with E-state index < -0.39 is 12.1 Å². The van der Waals surface area contributed by atoms with Crippen LogP contribution in [0.3, 0.4) is 0 Å². The normalized spacial score (nSPS) is 22.2. The highest BCUT2D eigenvalue weighted by Gasteiger charge is 2.34. The minimum Gasteiger partial charge on any atom is -0.207 e. The first-order valence-electron chi connectivity index (χ1n) is 13.8. The lowest BCUT2D eigenvalue weighted by molar-refractivity contribution is -0.110. The lowest BCUT2D eigenvalue weighted by Crippen LogP contribution is -2.24. The van der Waals surface area contributed by atoms with Crippen molar-refractivity contribution in [2.24, 2.45) is 17.3 Å². The van der Waals surface area contributed by atoms with Gasteiger partial charge in [-0.2, -0.15) is 13.2 Å². The molecule has 0 amide bonds. The maximum Gasteiger partial charge on any atom is 0.386 e. The van der Waals surface area contributed by atoms with Crippen LogP contribution in [0.15, 0.2) is 0 Å². The Bertz CT molecular complexity index is 402. The van der Waals surface area contributed by atoms with Gasteiger partial charge in [0.05, 0.1) is 0 Å². The summed E-state index contributed by atoms with van der Waals surface area (Å²) in [5.74, 6) is -0.686. The molecule has 0 saturated heterocycles. The molecule has 0 aromatic carbocycles. The molecular weight excluding hydrogens is 431 g/mol. The number of rotatable bonds is 3. The molecule has 202 valence electrons. The van der Waals surface area contributed by atoms with Gasteiger partial charge in [-0.05, 0) is 42.9 Å². The first kappa shape index (κ1) is 34.8. The Hall–Kier alpha value is -0.350. The number of halogens is 5. The van der Waals surface area contributed by atoms with Crippen LogP contribution in [0.1, 0.15) is 151 Å². The molecule has 0 unspecified atom stereocenters. The molecule has 0 radical (unpaired) electrons. The second kappa shape index (κ2) is 18.9. The summed E-state index contributed by atoms with van der Waals surface area (Å²) in [6.45, 7) is 13.3. The summed E-state index contributed by atoms with van der Waals surface area (Å²) in [6.07, 6.45) is 15.0. The summed E-state index contributed by atoms with van der Waals surface area (Å²) in [7, 11) is 0. The first-order chi connectivity index (χ1) is 15.3. The van der Waals surface area contributed by atoms with E-state index in [0.717, 1.165) is 30.6 Å². The van der Waals surface area contributed by atoms with E-state index in [9.17, 15) is 22.0 Å². The van der Waals surface area contributed by atoms with Crippen LogP contribution in [-0.2, 0) is 0 Å². The quantitative estimate of drug-likeness (QED) is 0.348. The van der Waals surface area contributed by atoms with Gasteiger partial charge in [0.25, 0.3) is 0 Å². The third-order valence-electron chi connectivity index (χ3n) is 7.38. The zero-order chi connectivity index (χ0) is 26.0. The van der Waals surface area contributed by atoms with Gasteiger partial charge in [0.1, 0.15) is 0 Å². The van der Waals surface area contributed by atoms with Crippen molar-refractivity contribution in [3.8, 4) is 0 Å². The van der Waals surface area contributed by atoms with Crippen LogP contribution in [0.5, 0.6) is 0 Å². The van der Waals surface area contributed by atoms with Crippen LogP contribution in [-0.4, -0.2) is 12.1 Å². The van der Waals surface area contributed by atoms with Crippen molar-refractivity contribution in [1.29, 1.82) is 0 Å². The molecule has 33 heavy (non-hydrogen) atoms. The first-order valence-corrected chi connectivity index (χ1v) is 13.8. The Morgan fingerprint density at radius 1 is 0.667 bits per heavy atom. The fourth-order valence-corrected chi connectivity index (χ4v) is 4.69. The molecule has 3 saturated carbocycles. The molecule has 5 heteroatoms. The second-order valence-electron chi connectivity index (χ2n) is 10.3. The summed E-state index contributed by atoms with van der Waals surface area (Å²) in [5.41, 5.74) is 0.736. The number of alkyl halides is 5. The predicted molar refractivity (Wildman–Crippen MR) is 134 cm³/mol. The van der Waals surface area contributed by atoms with Crippen LogP contribution in [0.25, 0.3) is 0 Å². The van der Waals surface area contributed by atoms with Crippen molar-refractivity contribution in [2.45, 2.75) is 163 Å². The van der Waals surface area contributed by atoms with E-state index in [-0.39, 0.29) is 19.8 Å². The van der Waals surface area contributed by atoms with Gasteiger partial charge in [0, 0.05) is 19.8 Å². The largest absolute Gasteiger partial charge is 0.386 e. The molecule has 0 N–H and O–H groups in total. The van der Waals surface area contributed by atoms with Crippen LogP contribution >= 0.6 is 0 Å². The van der Waals surface area contributed by atoms with Gasteiger partial charge in [-0.3, -0.25) is 0 Å². The average Bonchev–Trinajstić information content (AvgIpc) is 3.23. The van der Waals surface area contributed by atoms with E-state index in [2.05, 4.69) is 27.7 Å². The smallest absolute Gasteiger partial charge is 0.207 e. The van der Waals surface area contributed by atoms with E-state index in [1.165, 1.54) is 70.6 Å². The Morgan fingerprint density at radius 2 is 1.03 bits per heavy atom. The Kier molecular flexibility index (Phi) is 20.0. The summed E-state index contributed by atoms with van der Waals surface area (Å²) < 4.78 is 56.1. The Balaban J connectivity index is 0. The Labute approximate surface area is 202 Å². The molecule has 0 heterocycles. The SMILES string of the molecule is CC.CC(F)(F)F.CCC1(C)CCCC1.CCC1CCC(F)(F)CC1.CCC1CCCCC1. The topological polar surface area (TPSA) is 0 Å². The molecule has 3 rings (SSSR count). The van der Waals surface area contributed by atoms with Gasteiger partial charge < -0.3 is 0 Å².